The molecule has 0 saturated heterocycles. The highest BCUT2D eigenvalue weighted by atomic mass is 19.4. The highest BCUT2D eigenvalue weighted by Crippen LogP contribution is 2.33. The van der Waals surface area contributed by atoms with Crippen molar-refractivity contribution >= 4 is 17.7 Å². The summed E-state index contributed by atoms with van der Waals surface area (Å²) in [6.07, 6.45) is -4.02. The third kappa shape index (κ3) is 9.36. The lowest BCUT2D eigenvalue weighted by molar-refractivity contribution is -0.115. The molecule has 0 aliphatic heterocycles. The maximum absolute atomic E-state index is 14.2. The molecule has 45 heavy (non-hydrogen) atoms. The van der Waals surface area contributed by atoms with Gasteiger partial charge in [0.25, 0.3) is 0 Å². The fourth-order valence-electron chi connectivity index (χ4n) is 4.31. The zero-order chi connectivity index (χ0) is 33.2. The summed E-state index contributed by atoms with van der Waals surface area (Å²) < 4.78 is 73.9. The lowest BCUT2D eigenvalue weighted by Crippen LogP contribution is -2.36. The van der Waals surface area contributed by atoms with Gasteiger partial charge in [-0.25, -0.2) is 18.6 Å². The van der Waals surface area contributed by atoms with E-state index in [4.69, 9.17) is 4.74 Å². The van der Waals surface area contributed by atoms with Gasteiger partial charge in [-0.3, -0.25) is 4.40 Å². The predicted octanol–water partition coefficient (Wildman–Crippen LogP) is 5.97. The number of fused-ring (bicyclic) bond motifs is 1. The number of amides is 1. The van der Waals surface area contributed by atoms with E-state index < -0.39 is 47.7 Å². The van der Waals surface area contributed by atoms with Crippen LogP contribution in [0.2, 0.25) is 0 Å². The number of aliphatic hydroxyl groups is 1. The third-order valence-electron chi connectivity index (χ3n) is 5.98. The lowest BCUT2D eigenvalue weighted by Gasteiger charge is -2.25. The van der Waals surface area contributed by atoms with Crippen molar-refractivity contribution < 1.29 is 36.6 Å². The number of anilines is 1. The SMILES string of the molecule is CC(C)(O)C#Cc1ccc(-c2cccn3c(NCC(F)(F)F)nnc23)c([C@H](Cc2cc(F)cc(F)c2)NC(=O)OC(C)(C)C)n1. The van der Waals surface area contributed by atoms with Crippen molar-refractivity contribution in [1.29, 1.82) is 0 Å². The van der Waals surface area contributed by atoms with E-state index in [9.17, 15) is 31.9 Å². The molecule has 0 unspecified atom stereocenters. The van der Waals surface area contributed by atoms with Crippen LogP contribution in [0, 0.1) is 23.5 Å². The molecule has 3 aromatic heterocycles. The molecule has 0 fully saturated rings. The Bertz CT molecular complexity index is 1740. The fourth-order valence-corrected chi connectivity index (χ4v) is 4.31. The normalized spacial score (nSPS) is 12.8. The summed E-state index contributed by atoms with van der Waals surface area (Å²) in [6, 6.07) is 8.23. The van der Waals surface area contributed by atoms with Gasteiger partial charge in [-0.1, -0.05) is 5.92 Å². The second kappa shape index (κ2) is 12.7. The van der Waals surface area contributed by atoms with Crippen LogP contribution >= 0.6 is 0 Å². The molecule has 1 amide bonds. The van der Waals surface area contributed by atoms with Crippen LogP contribution in [0.4, 0.5) is 32.7 Å². The van der Waals surface area contributed by atoms with E-state index in [2.05, 4.69) is 37.7 Å². The first-order valence-corrected chi connectivity index (χ1v) is 13.7. The number of rotatable bonds is 7. The molecule has 0 saturated carbocycles. The number of carbonyl (C=O) groups excluding carboxylic acids is 1. The lowest BCUT2D eigenvalue weighted by atomic mass is 9.95. The molecular weight excluding hydrogens is 599 g/mol. The van der Waals surface area contributed by atoms with Crippen LogP contribution in [0.1, 0.15) is 57.6 Å². The zero-order valence-corrected chi connectivity index (χ0v) is 25.1. The van der Waals surface area contributed by atoms with Gasteiger partial charge in [0.1, 0.15) is 35.1 Å². The summed E-state index contributed by atoms with van der Waals surface area (Å²) in [5, 5.41) is 23.0. The number of halogens is 5. The van der Waals surface area contributed by atoms with Crippen LogP contribution < -0.4 is 10.6 Å². The molecule has 3 heterocycles. The number of benzene rings is 1. The van der Waals surface area contributed by atoms with Crippen molar-refractivity contribution in [3.63, 3.8) is 0 Å². The summed E-state index contributed by atoms with van der Waals surface area (Å²) >= 11 is 0. The Labute approximate surface area is 255 Å². The number of aromatic nitrogens is 4. The topological polar surface area (TPSA) is 114 Å². The highest BCUT2D eigenvalue weighted by Gasteiger charge is 2.29. The molecule has 0 radical (unpaired) electrons. The van der Waals surface area contributed by atoms with Gasteiger partial charge < -0.3 is 20.5 Å². The summed E-state index contributed by atoms with van der Waals surface area (Å²) in [7, 11) is 0. The number of nitrogens with zero attached hydrogens (tertiary/aromatic N) is 4. The van der Waals surface area contributed by atoms with Gasteiger partial charge in [-0.05, 0) is 88.9 Å². The van der Waals surface area contributed by atoms with E-state index in [1.807, 2.05) is 0 Å². The number of nitrogens with one attached hydrogen (secondary N) is 2. The molecule has 0 aliphatic carbocycles. The number of hydrogen-bond acceptors (Lipinski definition) is 7. The van der Waals surface area contributed by atoms with E-state index in [-0.39, 0.29) is 35.0 Å². The molecule has 0 aliphatic rings. The van der Waals surface area contributed by atoms with Gasteiger partial charge in [0, 0.05) is 23.4 Å². The summed E-state index contributed by atoms with van der Waals surface area (Å²) in [5.74, 6) is 3.63. The van der Waals surface area contributed by atoms with Gasteiger partial charge in [0.15, 0.2) is 5.65 Å². The van der Waals surface area contributed by atoms with Crippen LogP contribution in [0.3, 0.4) is 0 Å². The summed E-state index contributed by atoms with van der Waals surface area (Å²) in [6.45, 7) is 6.61. The van der Waals surface area contributed by atoms with E-state index in [0.29, 0.717) is 17.2 Å². The van der Waals surface area contributed by atoms with Gasteiger partial charge in [-0.15, -0.1) is 10.2 Å². The third-order valence-corrected chi connectivity index (χ3v) is 5.98. The molecule has 3 N–H and O–H groups in total. The second-order valence-corrected chi connectivity index (χ2v) is 11.7. The summed E-state index contributed by atoms with van der Waals surface area (Å²) in [4.78, 5) is 17.7. The number of pyridine rings is 2. The van der Waals surface area contributed by atoms with Crippen LogP contribution in [0.15, 0.2) is 48.7 Å². The van der Waals surface area contributed by atoms with E-state index >= 15 is 0 Å². The fraction of sp³-hybridized carbons (Fsp3) is 0.355. The number of carbonyl (C=O) groups is 1. The standard InChI is InChI=1S/C31H31F5N6O3/c1-29(2,3)45-28(43)39-24(15-18-13-19(32)16-20(33)14-18)25-22(9-8-21(38-25)10-11-30(4,5)44)23-7-6-12-42-26(23)40-41-27(42)37-17-31(34,35)36/h6-9,12-14,16,24,44H,15,17H2,1-5H3,(H,37,41)(H,39,43)/t24-/m0/s1. The first-order chi connectivity index (χ1) is 20.9. The van der Waals surface area contributed by atoms with E-state index in [1.54, 1.807) is 45.0 Å². The number of alkyl carbamates (subject to hydrolysis) is 1. The molecule has 0 spiro atoms. The predicted molar refractivity (Wildman–Crippen MR) is 156 cm³/mol. The maximum Gasteiger partial charge on any atom is 0.408 e. The second-order valence-electron chi connectivity index (χ2n) is 11.7. The van der Waals surface area contributed by atoms with Crippen molar-refractivity contribution in [1.82, 2.24) is 24.9 Å². The van der Waals surface area contributed by atoms with Crippen molar-refractivity contribution in [2.45, 2.75) is 64.5 Å². The van der Waals surface area contributed by atoms with Gasteiger partial charge >= 0.3 is 12.3 Å². The zero-order valence-electron chi connectivity index (χ0n) is 25.1. The van der Waals surface area contributed by atoms with Gasteiger partial charge in [0.05, 0.1) is 11.7 Å². The van der Waals surface area contributed by atoms with Crippen LogP contribution in [0.5, 0.6) is 0 Å². The first kappa shape index (κ1) is 33.1. The molecule has 238 valence electrons. The van der Waals surface area contributed by atoms with Crippen molar-refractivity contribution in [3.8, 4) is 23.0 Å². The molecule has 9 nitrogen and oxygen atoms in total. The van der Waals surface area contributed by atoms with E-state index in [1.165, 1.54) is 24.4 Å². The molecular formula is C31H31F5N6O3. The Morgan fingerprint density at radius 1 is 1.02 bits per heavy atom. The minimum absolute atomic E-state index is 0.148. The molecule has 4 rings (SSSR count). The summed E-state index contributed by atoms with van der Waals surface area (Å²) in [5.41, 5.74) is -0.795. The van der Waals surface area contributed by atoms with Crippen LogP contribution in [0.25, 0.3) is 16.8 Å². The Morgan fingerprint density at radius 2 is 1.71 bits per heavy atom. The number of ether oxygens (including phenoxy) is 1. The van der Waals surface area contributed by atoms with Gasteiger partial charge in [0.2, 0.25) is 5.95 Å². The van der Waals surface area contributed by atoms with E-state index in [0.717, 1.165) is 12.1 Å². The Hall–Kier alpha value is -4.77. The van der Waals surface area contributed by atoms with Gasteiger partial charge in [-0.2, -0.15) is 13.2 Å². The Kier molecular flexibility index (Phi) is 9.34. The highest BCUT2D eigenvalue weighted by molar-refractivity contribution is 5.80. The average molecular weight is 631 g/mol. The average Bonchev–Trinajstić information content (AvgIpc) is 3.31. The van der Waals surface area contributed by atoms with Crippen molar-refractivity contribution in [2.75, 3.05) is 11.9 Å². The quantitative estimate of drug-likeness (QED) is 0.170. The molecule has 14 heteroatoms. The Balaban J connectivity index is 1.91. The molecule has 1 atom stereocenters. The molecule has 0 bridgehead atoms. The first-order valence-electron chi connectivity index (χ1n) is 13.7. The van der Waals surface area contributed by atoms with Crippen molar-refractivity contribution in [3.05, 3.63) is 77.2 Å². The minimum Gasteiger partial charge on any atom is -0.444 e. The Morgan fingerprint density at radius 3 is 2.33 bits per heavy atom. The monoisotopic (exact) mass is 630 g/mol. The van der Waals surface area contributed by atoms with Crippen molar-refractivity contribution in [2.24, 2.45) is 0 Å². The smallest absolute Gasteiger partial charge is 0.408 e. The minimum atomic E-state index is -4.50. The van der Waals surface area contributed by atoms with Crippen LogP contribution in [-0.2, 0) is 11.2 Å². The number of hydrogen-bond donors (Lipinski definition) is 3. The largest absolute Gasteiger partial charge is 0.444 e. The molecule has 1 aromatic carbocycles. The maximum atomic E-state index is 14.2. The molecule has 4 aromatic rings. The number of alkyl halides is 3. The van der Waals surface area contributed by atoms with Crippen LogP contribution in [-0.4, -0.2) is 54.7 Å².